The van der Waals surface area contributed by atoms with Gasteiger partial charge in [0.15, 0.2) is 5.96 Å². The molecule has 0 aliphatic carbocycles. The van der Waals surface area contributed by atoms with Crippen LogP contribution >= 0.6 is 0 Å². The number of oxazole rings is 1. The summed E-state index contributed by atoms with van der Waals surface area (Å²) >= 11 is 0. The summed E-state index contributed by atoms with van der Waals surface area (Å²) in [4.78, 5) is 12.8. The lowest BCUT2D eigenvalue weighted by atomic mass is 9.94. The Bertz CT molecular complexity index is 628. The Morgan fingerprint density at radius 3 is 2.65 bits per heavy atom. The molecule has 124 valence electrons. The lowest BCUT2D eigenvalue weighted by molar-refractivity contribution is 0.379. The number of nitrogens with zero attached hydrogens (tertiary/aromatic N) is 3. The first kappa shape index (κ1) is 17.0. The van der Waals surface area contributed by atoms with E-state index < -0.39 is 0 Å². The highest BCUT2D eigenvalue weighted by Gasteiger charge is 2.19. The molecular formula is C17H25N5O. The molecule has 0 unspecified atom stereocenters. The molecule has 0 bridgehead atoms. The maximum atomic E-state index is 5.75. The van der Waals surface area contributed by atoms with E-state index in [4.69, 9.17) is 4.42 Å². The van der Waals surface area contributed by atoms with Gasteiger partial charge < -0.3 is 15.1 Å². The van der Waals surface area contributed by atoms with Gasteiger partial charge in [0.05, 0.1) is 12.7 Å². The summed E-state index contributed by atoms with van der Waals surface area (Å²) in [5.41, 5.74) is 1.02. The van der Waals surface area contributed by atoms with Crippen LogP contribution in [0.2, 0.25) is 0 Å². The van der Waals surface area contributed by atoms with Crippen molar-refractivity contribution in [3.8, 4) is 0 Å². The third-order valence-corrected chi connectivity index (χ3v) is 3.32. The highest BCUT2D eigenvalue weighted by atomic mass is 16.4. The Labute approximate surface area is 137 Å². The van der Waals surface area contributed by atoms with Crippen molar-refractivity contribution < 1.29 is 4.42 Å². The fourth-order valence-electron chi connectivity index (χ4n) is 1.97. The van der Waals surface area contributed by atoms with Gasteiger partial charge in [-0.25, -0.2) is 4.98 Å². The first-order chi connectivity index (χ1) is 11.0. The minimum Gasteiger partial charge on any atom is -0.443 e. The van der Waals surface area contributed by atoms with E-state index in [1.54, 1.807) is 19.4 Å². The SMILES string of the molecule is CN=C(NCCc1ccccn1)NCc1ncc(C(C)(C)C)o1. The van der Waals surface area contributed by atoms with Gasteiger partial charge in [0.2, 0.25) is 5.89 Å². The molecule has 0 aliphatic heterocycles. The monoisotopic (exact) mass is 315 g/mol. The molecule has 0 amide bonds. The van der Waals surface area contributed by atoms with Gasteiger partial charge in [-0.05, 0) is 12.1 Å². The highest BCUT2D eigenvalue weighted by Crippen LogP contribution is 2.22. The lowest BCUT2D eigenvalue weighted by Crippen LogP contribution is -2.38. The van der Waals surface area contributed by atoms with Crippen LogP contribution in [-0.4, -0.2) is 29.5 Å². The summed E-state index contributed by atoms with van der Waals surface area (Å²) in [7, 11) is 1.74. The Balaban J connectivity index is 1.78. The van der Waals surface area contributed by atoms with Crippen molar-refractivity contribution in [3.05, 3.63) is 47.9 Å². The van der Waals surface area contributed by atoms with Crippen LogP contribution in [0.1, 0.15) is 38.1 Å². The van der Waals surface area contributed by atoms with E-state index in [9.17, 15) is 0 Å². The van der Waals surface area contributed by atoms with Crippen molar-refractivity contribution in [1.29, 1.82) is 0 Å². The minimum atomic E-state index is -0.0339. The summed E-state index contributed by atoms with van der Waals surface area (Å²) in [5.74, 6) is 2.26. The summed E-state index contributed by atoms with van der Waals surface area (Å²) in [5, 5.41) is 6.45. The fraction of sp³-hybridized carbons (Fsp3) is 0.471. The first-order valence-electron chi connectivity index (χ1n) is 7.78. The smallest absolute Gasteiger partial charge is 0.213 e. The van der Waals surface area contributed by atoms with Gasteiger partial charge in [-0.3, -0.25) is 9.98 Å². The summed E-state index contributed by atoms with van der Waals surface area (Å²) < 4.78 is 5.75. The van der Waals surface area contributed by atoms with Gasteiger partial charge in [-0.2, -0.15) is 0 Å². The third-order valence-electron chi connectivity index (χ3n) is 3.32. The topological polar surface area (TPSA) is 75.3 Å². The summed E-state index contributed by atoms with van der Waals surface area (Å²) in [6.07, 6.45) is 4.43. The maximum Gasteiger partial charge on any atom is 0.213 e. The molecule has 6 nitrogen and oxygen atoms in total. The van der Waals surface area contributed by atoms with Gasteiger partial charge in [0.1, 0.15) is 5.76 Å². The van der Waals surface area contributed by atoms with E-state index in [-0.39, 0.29) is 5.41 Å². The molecule has 0 saturated heterocycles. The molecule has 2 N–H and O–H groups in total. The van der Waals surface area contributed by atoms with Gasteiger partial charge >= 0.3 is 0 Å². The van der Waals surface area contributed by atoms with Crippen LogP contribution in [-0.2, 0) is 18.4 Å². The van der Waals surface area contributed by atoms with Crippen molar-refractivity contribution in [2.24, 2.45) is 4.99 Å². The second-order valence-corrected chi connectivity index (χ2v) is 6.29. The van der Waals surface area contributed by atoms with Crippen molar-refractivity contribution in [1.82, 2.24) is 20.6 Å². The first-order valence-corrected chi connectivity index (χ1v) is 7.78. The summed E-state index contributed by atoms with van der Waals surface area (Å²) in [6, 6.07) is 5.92. The Hall–Kier alpha value is -2.37. The average molecular weight is 315 g/mol. The quantitative estimate of drug-likeness (QED) is 0.654. The second-order valence-electron chi connectivity index (χ2n) is 6.29. The fourth-order valence-corrected chi connectivity index (χ4v) is 1.97. The molecule has 0 fully saturated rings. The zero-order valence-corrected chi connectivity index (χ0v) is 14.3. The Morgan fingerprint density at radius 1 is 1.22 bits per heavy atom. The van der Waals surface area contributed by atoms with E-state index in [1.807, 2.05) is 18.2 Å². The molecule has 2 rings (SSSR count). The van der Waals surface area contributed by atoms with Crippen molar-refractivity contribution in [2.45, 2.75) is 39.2 Å². The lowest BCUT2D eigenvalue weighted by Gasteiger charge is -2.13. The standard InChI is InChI=1S/C17H25N5O/c1-17(2,3)14-11-21-15(23-14)12-22-16(18-4)20-10-8-13-7-5-6-9-19-13/h5-7,9,11H,8,10,12H2,1-4H3,(H2,18,20,22). The van der Waals surface area contributed by atoms with E-state index in [0.29, 0.717) is 12.4 Å². The van der Waals surface area contributed by atoms with Crippen LogP contribution < -0.4 is 10.6 Å². The molecule has 0 radical (unpaired) electrons. The molecule has 0 atom stereocenters. The number of aliphatic imine (C=N–C) groups is 1. The molecule has 6 heteroatoms. The zero-order valence-electron chi connectivity index (χ0n) is 14.3. The molecule has 2 heterocycles. The van der Waals surface area contributed by atoms with Gasteiger partial charge in [-0.1, -0.05) is 26.8 Å². The molecular weight excluding hydrogens is 290 g/mol. The normalized spacial score (nSPS) is 12.3. The van der Waals surface area contributed by atoms with Crippen molar-refractivity contribution >= 4 is 5.96 Å². The number of aromatic nitrogens is 2. The third kappa shape index (κ3) is 5.39. The molecule has 23 heavy (non-hydrogen) atoms. The summed E-state index contributed by atoms with van der Waals surface area (Å²) in [6.45, 7) is 7.56. The van der Waals surface area contributed by atoms with Crippen LogP contribution in [0.25, 0.3) is 0 Å². The van der Waals surface area contributed by atoms with Gasteiger partial charge in [-0.15, -0.1) is 0 Å². The molecule has 0 saturated carbocycles. The van der Waals surface area contributed by atoms with E-state index in [1.165, 1.54) is 0 Å². The van der Waals surface area contributed by atoms with Crippen molar-refractivity contribution in [3.63, 3.8) is 0 Å². The van der Waals surface area contributed by atoms with Crippen LogP contribution in [0.3, 0.4) is 0 Å². The van der Waals surface area contributed by atoms with Gasteiger partial charge in [0.25, 0.3) is 0 Å². The maximum absolute atomic E-state index is 5.75. The number of hydrogen-bond donors (Lipinski definition) is 2. The van der Waals surface area contributed by atoms with Gasteiger partial charge in [0, 0.05) is 37.3 Å². The minimum absolute atomic E-state index is 0.0339. The van der Waals surface area contributed by atoms with Crippen LogP contribution in [0.4, 0.5) is 0 Å². The Kier molecular flexibility index (Phi) is 5.73. The van der Waals surface area contributed by atoms with E-state index >= 15 is 0 Å². The molecule has 0 aromatic carbocycles. The molecule has 0 spiro atoms. The van der Waals surface area contributed by atoms with E-state index in [2.05, 4.69) is 46.4 Å². The molecule has 2 aromatic rings. The number of pyridine rings is 1. The predicted octanol–water partition coefficient (Wildman–Crippen LogP) is 2.27. The molecule has 2 aromatic heterocycles. The number of guanidine groups is 1. The van der Waals surface area contributed by atoms with Crippen molar-refractivity contribution in [2.75, 3.05) is 13.6 Å². The largest absolute Gasteiger partial charge is 0.443 e. The van der Waals surface area contributed by atoms with E-state index in [0.717, 1.165) is 30.4 Å². The average Bonchev–Trinajstić information content (AvgIpc) is 3.01. The highest BCUT2D eigenvalue weighted by molar-refractivity contribution is 5.79. The number of nitrogens with one attached hydrogen (secondary N) is 2. The van der Waals surface area contributed by atoms with Crippen LogP contribution in [0.15, 0.2) is 40.0 Å². The van der Waals surface area contributed by atoms with Crippen LogP contribution in [0, 0.1) is 0 Å². The zero-order chi connectivity index (χ0) is 16.7. The number of hydrogen-bond acceptors (Lipinski definition) is 4. The second kappa shape index (κ2) is 7.76. The Morgan fingerprint density at radius 2 is 2.04 bits per heavy atom. The number of rotatable bonds is 5. The molecule has 0 aliphatic rings. The predicted molar refractivity (Wildman–Crippen MR) is 91.3 cm³/mol. The van der Waals surface area contributed by atoms with Crippen LogP contribution in [0.5, 0.6) is 0 Å².